The summed E-state index contributed by atoms with van der Waals surface area (Å²) in [5, 5.41) is 10.9. The van der Waals surface area contributed by atoms with Crippen LogP contribution in [0.25, 0.3) is 0 Å². The molecule has 2 aromatic rings. The summed E-state index contributed by atoms with van der Waals surface area (Å²) in [5.74, 6) is 0.429. The van der Waals surface area contributed by atoms with Gasteiger partial charge in [-0.15, -0.1) is 0 Å². The Labute approximate surface area is 130 Å². The van der Waals surface area contributed by atoms with Crippen LogP contribution in [0.3, 0.4) is 0 Å². The molecular formula is C15H14N2O4S. The van der Waals surface area contributed by atoms with E-state index < -0.39 is 16.3 Å². The number of nitro benzene ring substituents is 1. The van der Waals surface area contributed by atoms with Gasteiger partial charge in [0.1, 0.15) is 18.0 Å². The number of rotatable bonds is 2. The molecule has 0 aromatic heterocycles. The van der Waals surface area contributed by atoms with Crippen molar-refractivity contribution in [3.63, 3.8) is 0 Å². The predicted octanol–water partition coefficient (Wildman–Crippen LogP) is 2.82. The first-order valence-corrected chi connectivity index (χ1v) is 7.84. The van der Waals surface area contributed by atoms with Crippen LogP contribution in [0.5, 0.6) is 5.75 Å². The number of nitrogens with zero attached hydrogens (tertiary/aromatic N) is 2. The molecule has 0 amide bonds. The van der Waals surface area contributed by atoms with Crippen LogP contribution >= 0.6 is 0 Å². The molecule has 2 aromatic carbocycles. The molecule has 0 aliphatic carbocycles. The van der Waals surface area contributed by atoms with Crippen molar-refractivity contribution in [2.24, 2.45) is 0 Å². The topological polar surface area (TPSA) is 78.7 Å². The van der Waals surface area contributed by atoms with E-state index in [0.29, 0.717) is 23.8 Å². The highest BCUT2D eigenvalue weighted by atomic mass is 32.2. The van der Waals surface area contributed by atoms with Crippen LogP contribution in [-0.4, -0.2) is 22.6 Å². The van der Waals surface area contributed by atoms with Gasteiger partial charge in [-0.3, -0.25) is 10.1 Å². The molecule has 0 saturated heterocycles. The molecule has 1 unspecified atom stereocenters. The molecule has 0 radical (unpaired) electrons. The van der Waals surface area contributed by atoms with E-state index in [9.17, 15) is 14.7 Å². The smallest absolute Gasteiger partial charge is 0.274 e. The Morgan fingerprint density at radius 1 is 1.23 bits per heavy atom. The molecule has 1 heterocycles. The van der Waals surface area contributed by atoms with Gasteiger partial charge in [0.2, 0.25) is 4.90 Å². The molecule has 0 bridgehead atoms. The van der Waals surface area contributed by atoms with E-state index in [1.54, 1.807) is 4.31 Å². The average molecular weight is 318 g/mol. The monoisotopic (exact) mass is 318 g/mol. The van der Waals surface area contributed by atoms with Crippen molar-refractivity contribution in [1.82, 2.24) is 0 Å². The molecule has 0 fully saturated rings. The van der Waals surface area contributed by atoms with E-state index in [0.717, 1.165) is 11.3 Å². The maximum absolute atomic E-state index is 12.8. The number of nitro groups is 1. The SMILES string of the molecule is Cc1ccc(N2CCOc3ccc([N+](=O)[O-])cc3[S+]2[O-])cc1. The molecular weight excluding hydrogens is 304 g/mol. The van der Waals surface area contributed by atoms with Crippen molar-refractivity contribution in [3.05, 3.63) is 58.1 Å². The summed E-state index contributed by atoms with van der Waals surface area (Å²) in [5.41, 5.74) is 1.81. The van der Waals surface area contributed by atoms with E-state index in [1.807, 2.05) is 31.2 Å². The lowest BCUT2D eigenvalue weighted by Crippen LogP contribution is -2.32. The summed E-state index contributed by atoms with van der Waals surface area (Å²) < 4.78 is 20.1. The molecule has 7 heteroatoms. The van der Waals surface area contributed by atoms with E-state index in [-0.39, 0.29) is 5.69 Å². The Kier molecular flexibility index (Phi) is 3.91. The van der Waals surface area contributed by atoms with E-state index in [4.69, 9.17) is 4.74 Å². The number of hydrogen-bond acceptors (Lipinski definition) is 5. The van der Waals surface area contributed by atoms with Crippen molar-refractivity contribution in [3.8, 4) is 5.75 Å². The van der Waals surface area contributed by atoms with Crippen LogP contribution in [0.2, 0.25) is 0 Å². The fraction of sp³-hybridized carbons (Fsp3) is 0.200. The van der Waals surface area contributed by atoms with Crippen LogP contribution in [-0.2, 0) is 11.4 Å². The highest BCUT2D eigenvalue weighted by Crippen LogP contribution is 2.34. The van der Waals surface area contributed by atoms with Crippen molar-refractivity contribution in [1.29, 1.82) is 0 Å². The van der Waals surface area contributed by atoms with Crippen molar-refractivity contribution in [2.75, 3.05) is 17.5 Å². The Balaban J connectivity index is 2.01. The first-order chi connectivity index (χ1) is 10.6. The van der Waals surface area contributed by atoms with Gasteiger partial charge in [0.15, 0.2) is 5.75 Å². The lowest BCUT2D eigenvalue weighted by molar-refractivity contribution is -0.385. The van der Waals surface area contributed by atoms with Gasteiger partial charge in [0, 0.05) is 6.07 Å². The minimum absolute atomic E-state index is 0.0959. The number of non-ortho nitro benzene ring substituents is 1. The maximum Gasteiger partial charge on any atom is 0.274 e. The van der Waals surface area contributed by atoms with Gasteiger partial charge in [-0.25, -0.2) is 0 Å². The zero-order chi connectivity index (χ0) is 15.7. The largest absolute Gasteiger partial charge is 0.588 e. The average Bonchev–Trinajstić information content (AvgIpc) is 2.67. The van der Waals surface area contributed by atoms with Gasteiger partial charge in [0.25, 0.3) is 5.69 Å². The summed E-state index contributed by atoms with van der Waals surface area (Å²) in [6.07, 6.45) is 0. The third kappa shape index (κ3) is 2.72. The highest BCUT2D eigenvalue weighted by molar-refractivity contribution is 7.93. The predicted molar refractivity (Wildman–Crippen MR) is 83.5 cm³/mol. The lowest BCUT2D eigenvalue weighted by atomic mass is 10.2. The second kappa shape index (κ2) is 5.86. The molecule has 0 saturated carbocycles. The summed E-state index contributed by atoms with van der Waals surface area (Å²) in [6.45, 7) is 2.79. The van der Waals surface area contributed by atoms with Gasteiger partial charge < -0.3 is 9.29 Å². The number of fused-ring (bicyclic) bond motifs is 1. The summed E-state index contributed by atoms with van der Waals surface area (Å²) >= 11 is -1.55. The lowest BCUT2D eigenvalue weighted by Gasteiger charge is -2.23. The van der Waals surface area contributed by atoms with Crippen molar-refractivity contribution in [2.45, 2.75) is 11.8 Å². The van der Waals surface area contributed by atoms with Gasteiger partial charge in [-0.05, 0) is 25.1 Å². The zero-order valence-electron chi connectivity index (χ0n) is 11.9. The van der Waals surface area contributed by atoms with Crippen LogP contribution < -0.4 is 9.04 Å². The molecule has 22 heavy (non-hydrogen) atoms. The highest BCUT2D eigenvalue weighted by Gasteiger charge is 2.31. The molecule has 0 spiro atoms. The van der Waals surface area contributed by atoms with Crippen LogP contribution in [0, 0.1) is 17.0 Å². The number of benzene rings is 2. The molecule has 1 aliphatic heterocycles. The maximum atomic E-state index is 12.8. The zero-order valence-corrected chi connectivity index (χ0v) is 12.7. The van der Waals surface area contributed by atoms with Gasteiger partial charge in [-0.2, -0.15) is 4.31 Å². The normalized spacial score (nSPS) is 17.4. The molecule has 6 nitrogen and oxygen atoms in total. The Morgan fingerprint density at radius 2 is 1.95 bits per heavy atom. The number of aryl methyl sites for hydroxylation is 1. The van der Waals surface area contributed by atoms with Crippen molar-refractivity contribution >= 4 is 22.7 Å². The Hall–Kier alpha value is -2.25. The van der Waals surface area contributed by atoms with Gasteiger partial charge in [0.05, 0.1) is 23.2 Å². The number of anilines is 1. The molecule has 0 N–H and O–H groups in total. The minimum Gasteiger partial charge on any atom is -0.588 e. The summed E-state index contributed by atoms with van der Waals surface area (Å²) in [7, 11) is 0. The number of ether oxygens (including phenoxy) is 1. The molecule has 114 valence electrons. The third-order valence-electron chi connectivity index (χ3n) is 3.40. The molecule has 1 aliphatic rings. The summed E-state index contributed by atoms with van der Waals surface area (Å²) in [6, 6.07) is 11.8. The Bertz CT molecular complexity index is 705. The molecule has 3 rings (SSSR count). The van der Waals surface area contributed by atoms with Crippen molar-refractivity contribution < 1.29 is 14.2 Å². The second-order valence-corrected chi connectivity index (χ2v) is 6.30. The Morgan fingerprint density at radius 3 is 2.64 bits per heavy atom. The van der Waals surface area contributed by atoms with Crippen LogP contribution in [0.4, 0.5) is 11.4 Å². The second-order valence-electron chi connectivity index (χ2n) is 4.92. The van der Waals surface area contributed by atoms with Gasteiger partial charge >= 0.3 is 0 Å². The first kappa shape index (κ1) is 14.7. The van der Waals surface area contributed by atoms with Crippen LogP contribution in [0.15, 0.2) is 47.4 Å². The third-order valence-corrected chi connectivity index (χ3v) is 4.89. The fourth-order valence-electron chi connectivity index (χ4n) is 2.24. The fourth-order valence-corrected chi connectivity index (χ4v) is 3.55. The minimum atomic E-state index is -1.55. The first-order valence-electron chi connectivity index (χ1n) is 6.73. The van der Waals surface area contributed by atoms with E-state index in [2.05, 4.69) is 0 Å². The van der Waals surface area contributed by atoms with Gasteiger partial charge in [-0.1, -0.05) is 17.7 Å². The summed E-state index contributed by atoms with van der Waals surface area (Å²) in [4.78, 5) is 10.7. The van der Waals surface area contributed by atoms with E-state index >= 15 is 0 Å². The van der Waals surface area contributed by atoms with Crippen LogP contribution in [0.1, 0.15) is 5.56 Å². The molecule has 1 atom stereocenters. The van der Waals surface area contributed by atoms with E-state index in [1.165, 1.54) is 18.2 Å². The number of hydrogen-bond donors (Lipinski definition) is 0. The standard InChI is InChI=1S/C15H14N2O4S/c1-11-2-4-12(5-3-11)16-8-9-21-14-7-6-13(17(18)19)10-15(14)22(16)20/h2-7,10H,8-9H2,1H3. The quantitative estimate of drug-likeness (QED) is 0.483.